The van der Waals surface area contributed by atoms with E-state index in [4.69, 9.17) is 5.73 Å². The molecule has 37 heavy (non-hydrogen) atoms. The molecule has 0 aliphatic rings. The van der Waals surface area contributed by atoms with Crippen LogP contribution in [0.1, 0.15) is 193 Å². The van der Waals surface area contributed by atoms with Gasteiger partial charge in [0.1, 0.15) is 0 Å². The average molecular weight is 525 g/mol. The molecule has 0 amide bonds. The van der Waals surface area contributed by atoms with E-state index < -0.39 is 0 Å². The summed E-state index contributed by atoms with van der Waals surface area (Å²) in [4.78, 5) is 0. The second-order valence-corrected chi connectivity index (χ2v) is 12.0. The molecular formula is C34H72N2O. The largest absolute Gasteiger partial charge is 0.392 e. The molecular weight excluding hydrogens is 452 g/mol. The highest BCUT2D eigenvalue weighted by Gasteiger charge is 2.03. The van der Waals surface area contributed by atoms with Gasteiger partial charge in [-0.25, -0.2) is 0 Å². The zero-order chi connectivity index (χ0) is 26.9. The average Bonchev–Trinajstić information content (AvgIpc) is 2.90. The number of hydrogen-bond donors (Lipinski definition) is 3. The third-order valence-corrected chi connectivity index (χ3v) is 8.08. The molecule has 0 aromatic carbocycles. The van der Waals surface area contributed by atoms with Crippen LogP contribution in [0, 0.1) is 0 Å². The summed E-state index contributed by atoms with van der Waals surface area (Å²) in [5.74, 6) is 0. The molecule has 0 spiro atoms. The molecule has 0 aliphatic heterocycles. The first-order chi connectivity index (χ1) is 18.3. The van der Waals surface area contributed by atoms with Crippen LogP contribution in [-0.2, 0) is 0 Å². The van der Waals surface area contributed by atoms with Gasteiger partial charge in [0.2, 0.25) is 0 Å². The van der Waals surface area contributed by atoms with Crippen LogP contribution in [0.2, 0.25) is 0 Å². The Morgan fingerprint density at radius 2 is 0.784 bits per heavy atom. The van der Waals surface area contributed by atoms with Crippen molar-refractivity contribution in [1.29, 1.82) is 0 Å². The number of nitrogens with two attached hydrogens (primary N) is 1. The van der Waals surface area contributed by atoms with E-state index >= 15 is 0 Å². The Bertz CT molecular complexity index is 390. The van der Waals surface area contributed by atoms with Gasteiger partial charge in [0, 0.05) is 6.54 Å². The van der Waals surface area contributed by atoms with E-state index in [-0.39, 0.29) is 6.10 Å². The standard InChI is InChI=1S/C34H72N2O/c1-2-3-4-5-6-7-8-9-10-11-12-13-14-15-16-17-18-19-20-21-22-23-24-27-30-34(37)33-36-32-29-26-25-28-31-35/h34,36-37H,2-33,35H2,1H3. The molecule has 0 rings (SSSR count). The molecule has 0 saturated carbocycles. The molecule has 1 unspecified atom stereocenters. The fourth-order valence-corrected chi connectivity index (χ4v) is 5.46. The Kier molecular flexibility index (Phi) is 33.8. The molecule has 4 N–H and O–H groups in total. The normalized spacial score (nSPS) is 12.4. The van der Waals surface area contributed by atoms with Crippen molar-refractivity contribution in [2.24, 2.45) is 5.73 Å². The molecule has 3 heteroatoms. The maximum Gasteiger partial charge on any atom is 0.0664 e. The number of aliphatic hydroxyl groups excluding tert-OH is 1. The fourth-order valence-electron chi connectivity index (χ4n) is 5.46. The Morgan fingerprint density at radius 1 is 0.459 bits per heavy atom. The van der Waals surface area contributed by atoms with Gasteiger partial charge in [-0.1, -0.05) is 174 Å². The minimum absolute atomic E-state index is 0.163. The van der Waals surface area contributed by atoms with E-state index in [2.05, 4.69) is 12.2 Å². The molecule has 0 aromatic heterocycles. The Labute approximate surface area is 234 Å². The van der Waals surface area contributed by atoms with Gasteiger partial charge >= 0.3 is 0 Å². The first kappa shape index (κ1) is 36.9. The zero-order valence-electron chi connectivity index (χ0n) is 25.7. The highest BCUT2D eigenvalue weighted by Crippen LogP contribution is 2.16. The topological polar surface area (TPSA) is 58.3 Å². The summed E-state index contributed by atoms with van der Waals surface area (Å²) >= 11 is 0. The number of hydrogen-bond acceptors (Lipinski definition) is 3. The lowest BCUT2D eigenvalue weighted by Gasteiger charge is -2.11. The van der Waals surface area contributed by atoms with Crippen LogP contribution < -0.4 is 11.1 Å². The van der Waals surface area contributed by atoms with Crippen LogP contribution in [0.25, 0.3) is 0 Å². The molecule has 0 fully saturated rings. The smallest absolute Gasteiger partial charge is 0.0664 e. The van der Waals surface area contributed by atoms with E-state index in [0.717, 1.165) is 32.5 Å². The lowest BCUT2D eigenvalue weighted by molar-refractivity contribution is 0.158. The predicted octanol–water partition coefficient (Wildman–Crippen LogP) is 10.2. The highest BCUT2D eigenvalue weighted by molar-refractivity contribution is 4.60. The van der Waals surface area contributed by atoms with Gasteiger partial charge < -0.3 is 16.2 Å². The minimum Gasteiger partial charge on any atom is -0.392 e. The summed E-state index contributed by atoms with van der Waals surface area (Å²) in [6, 6.07) is 0. The maximum atomic E-state index is 10.1. The Balaban J connectivity index is 3.09. The van der Waals surface area contributed by atoms with E-state index in [1.54, 1.807) is 0 Å². The second-order valence-electron chi connectivity index (χ2n) is 12.0. The first-order valence-electron chi connectivity index (χ1n) is 17.4. The summed E-state index contributed by atoms with van der Waals surface area (Å²) in [6.07, 6.45) is 39.9. The van der Waals surface area contributed by atoms with Crippen molar-refractivity contribution in [2.45, 2.75) is 199 Å². The van der Waals surface area contributed by atoms with Crippen molar-refractivity contribution in [2.75, 3.05) is 19.6 Å². The lowest BCUT2D eigenvalue weighted by atomic mass is 10.0. The van der Waals surface area contributed by atoms with Gasteiger partial charge in [-0.15, -0.1) is 0 Å². The molecule has 3 nitrogen and oxygen atoms in total. The highest BCUT2D eigenvalue weighted by atomic mass is 16.3. The number of aliphatic hydroxyl groups is 1. The Morgan fingerprint density at radius 3 is 1.16 bits per heavy atom. The molecule has 0 radical (unpaired) electrons. The van der Waals surface area contributed by atoms with Crippen LogP contribution in [0.5, 0.6) is 0 Å². The van der Waals surface area contributed by atoms with Crippen LogP contribution in [0.4, 0.5) is 0 Å². The number of rotatable bonds is 33. The molecule has 1 atom stereocenters. The van der Waals surface area contributed by atoms with Crippen LogP contribution in [0.3, 0.4) is 0 Å². The van der Waals surface area contributed by atoms with Crippen molar-refractivity contribution in [3.8, 4) is 0 Å². The van der Waals surface area contributed by atoms with Gasteiger partial charge in [0.15, 0.2) is 0 Å². The summed E-state index contributed by atoms with van der Waals surface area (Å²) < 4.78 is 0. The summed E-state index contributed by atoms with van der Waals surface area (Å²) in [6.45, 7) is 4.90. The van der Waals surface area contributed by atoms with Crippen LogP contribution >= 0.6 is 0 Å². The van der Waals surface area contributed by atoms with Crippen molar-refractivity contribution < 1.29 is 5.11 Å². The number of unbranched alkanes of at least 4 members (excludes halogenated alkanes) is 26. The minimum atomic E-state index is -0.163. The Hall–Kier alpha value is -0.120. The second kappa shape index (κ2) is 33.9. The van der Waals surface area contributed by atoms with Gasteiger partial charge in [-0.3, -0.25) is 0 Å². The van der Waals surface area contributed by atoms with Crippen molar-refractivity contribution in [3.05, 3.63) is 0 Å². The summed E-state index contributed by atoms with van der Waals surface area (Å²) in [5, 5.41) is 13.5. The quantitative estimate of drug-likeness (QED) is 0.0748. The molecule has 0 aromatic rings. The summed E-state index contributed by atoms with van der Waals surface area (Å²) in [5.41, 5.74) is 5.51. The molecule has 224 valence electrons. The zero-order valence-corrected chi connectivity index (χ0v) is 25.7. The van der Waals surface area contributed by atoms with Gasteiger partial charge in [-0.05, 0) is 32.4 Å². The van der Waals surface area contributed by atoms with Crippen LogP contribution in [0.15, 0.2) is 0 Å². The van der Waals surface area contributed by atoms with Crippen molar-refractivity contribution in [1.82, 2.24) is 5.32 Å². The number of nitrogens with one attached hydrogen (secondary N) is 1. The molecule has 0 saturated heterocycles. The maximum absolute atomic E-state index is 10.1. The van der Waals surface area contributed by atoms with E-state index in [1.807, 2.05) is 0 Å². The van der Waals surface area contributed by atoms with E-state index in [9.17, 15) is 5.11 Å². The van der Waals surface area contributed by atoms with Crippen LogP contribution in [-0.4, -0.2) is 30.8 Å². The lowest BCUT2D eigenvalue weighted by Crippen LogP contribution is -2.27. The van der Waals surface area contributed by atoms with Gasteiger partial charge in [0.25, 0.3) is 0 Å². The molecule has 0 heterocycles. The SMILES string of the molecule is CCCCCCCCCCCCCCCCCCCCCCCCCCC(O)CNCCCCCCN. The molecule has 0 aliphatic carbocycles. The first-order valence-corrected chi connectivity index (χ1v) is 17.4. The van der Waals surface area contributed by atoms with Gasteiger partial charge in [-0.2, -0.15) is 0 Å². The van der Waals surface area contributed by atoms with Crippen molar-refractivity contribution >= 4 is 0 Å². The van der Waals surface area contributed by atoms with Crippen molar-refractivity contribution in [3.63, 3.8) is 0 Å². The van der Waals surface area contributed by atoms with E-state index in [1.165, 1.54) is 173 Å². The van der Waals surface area contributed by atoms with E-state index in [0.29, 0.717) is 0 Å². The third-order valence-electron chi connectivity index (χ3n) is 8.08. The monoisotopic (exact) mass is 525 g/mol. The third kappa shape index (κ3) is 33.9. The predicted molar refractivity (Wildman–Crippen MR) is 167 cm³/mol. The fraction of sp³-hybridized carbons (Fsp3) is 1.00. The summed E-state index contributed by atoms with van der Waals surface area (Å²) in [7, 11) is 0. The molecule has 0 bridgehead atoms. The van der Waals surface area contributed by atoms with Gasteiger partial charge in [0.05, 0.1) is 6.10 Å².